The summed E-state index contributed by atoms with van der Waals surface area (Å²) in [6, 6.07) is 15.5. The number of nitrogens with one attached hydrogen (secondary N) is 1. The van der Waals surface area contributed by atoms with Crippen LogP contribution in [-0.2, 0) is 0 Å². The molecule has 1 amide bonds. The fourth-order valence-electron chi connectivity index (χ4n) is 2.30. The maximum Gasteiger partial charge on any atom is 0.275 e. The highest BCUT2D eigenvalue weighted by Crippen LogP contribution is 2.25. The molecule has 0 fully saturated rings. The van der Waals surface area contributed by atoms with Gasteiger partial charge in [-0.2, -0.15) is 5.10 Å². The van der Waals surface area contributed by atoms with Crippen molar-refractivity contribution >= 4 is 34.2 Å². The number of nitrogens with zero attached hydrogens (tertiary/aromatic N) is 1. The average Bonchev–Trinajstić information content (AvgIpc) is 2.98. The second-order valence-electron chi connectivity index (χ2n) is 5.05. The molecule has 23 heavy (non-hydrogen) atoms. The molecule has 5 heteroatoms. The number of hydrogen-bond acceptors (Lipinski definition) is 4. The molecule has 116 valence electrons. The normalized spacial score (nSPS) is 11.0. The van der Waals surface area contributed by atoms with Gasteiger partial charge in [0.05, 0.1) is 18.9 Å². The average molecular weight is 324 g/mol. The number of methoxy groups -OCH3 is 1. The lowest BCUT2D eigenvalue weighted by Gasteiger charge is -2.09. The highest BCUT2D eigenvalue weighted by Gasteiger charge is 2.13. The zero-order valence-electron chi connectivity index (χ0n) is 12.9. The zero-order valence-corrected chi connectivity index (χ0v) is 13.7. The number of ether oxygens (including phenoxy) is 1. The van der Waals surface area contributed by atoms with E-state index >= 15 is 0 Å². The molecule has 0 atom stereocenters. The lowest BCUT2D eigenvalue weighted by atomic mass is 10.1. The molecular formula is C18H16N2O2S. The monoisotopic (exact) mass is 324 g/mol. The summed E-state index contributed by atoms with van der Waals surface area (Å²) >= 11 is 1.62. The second kappa shape index (κ2) is 6.62. The molecule has 0 unspecified atom stereocenters. The third-order valence-electron chi connectivity index (χ3n) is 3.43. The van der Waals surface area contributed by atoms with Gasteiger partial charge in [-0.3, -0.25) is 4.79 Å². The van der Waals surface area contributed by atoms with Crippen LogP contribution in [0.5, 0.6) is 5.75 Å². The maximum absolute atomic E-state index is 12.4. The number of benzene rings is 2. The molecular weight excluding hydrogens is 308 g/mol. The first-order valence-corrected chi connectivity index (χ1v) is 7.95. The van der Waals surface area contributed by atoms with E-state index in [1.807, 2.05) is 55.5 Å². The molecule has 0 bridgehead atoms. The van der Waals surface area contributed by atoms with Gasteiger partial charge in [-0.25, -0.2) is 5.43 Å². The molecule has 1 N–H and O–H groups in total. The summed E-state index contributed by atoms with van der Waals surface area (Å²) in [4.78, 5) is 14.6. The van der Waals surface area contributed by atoms with Gasteiger partial charge in [0.15, 0.2) is 0 Å². The van der Waals surface area contributed by atoms with Gasteiger partial charge in [0, 0.05) is 9.75 Å². The van der Waals surface area contributed by atoms with E-state index in [2.05, 4.69) is 10.5 Å². The van der Waals surface area contributed by atoms with Crippen molar-refractivity contribution < 1.29 is 9.53 Å². The van der Waals surface area contributed by atoms with Crippen LogP contribution < -0.4 is 10.2 Å². The molecule has 0 aliphatic heterocycles. The summed E-state index contributed by atoms with van der Waals surface area (Å²) in [7, 11) is 1.55. The molecule has 3 aromatic rings. The Kier molecular flexibility index (Phi) is 4.39. The van der Waals surface area contributed by atoms with Crippen molar-refractivity contribution in [1.82, 2.24) is 5.43 Å². The summed E-state index contributed by atoms with van der Waals surface area (Å²) in [5.74, 6) is 0.237. The van der Waals surface area contributed by atoms with E-state index in [4.69, 9.17) is 4.74 Å². The van der Waals surface area contributed by atoms with Crippen LogP contribution in [0.15, 0.2) is 53.6 Å². The Balaban J connectivity index is 1.83. The van der Waals surface area contributed by atoms with Crippen LogP contribution in [0.4, 0.5) is 0 Å². The minimum absolute atomic E-state index is 0.294. The summed E-state index contributed by atoms with van der Waals surface area (Å²) in [5.41, 5.74) is 3.02. The molecule has 2 aromatic carbocycles. The lowest BCUT2D eigenvalue weighted by Crippen LogP contribution is -2.18. The van der Waals surface area contributed by atoms with Crippen molar-refractivity contribution in [2.75, 3.05) is 7.11 Å². The van der Waals surface area contributed by atoms with E-state index in [-0.39, 0.29) is 5.91 Å². The Morgan fingerprint density at radius 2 is 1.91 bits per heavy atom. The van der Waals surface area contributed by atoms with Crippen LogP contribution in [0.1, 0.15) is 20.1 Å². The Bertz CT molecular complexity index is 884. The van der Waals surface area contributed by atoms with E-state index in [0.717, 1.165) is 15.6 Å². The van der Waals surface area contributed by atoms with Crippen molar-refractivity contribution in [1.29, 1.82) is 0 Å². The van der Waals surface area contributed by atoms with Gasteiger partial charge in [-0.15, -0.1) is 11.3 Å². The number of amides is 1. The van der Waals surface area contributed by atoms with E-state index < -0.39 is 0 Å². The molecule has 0 saturated heterocycles. The molecule has 0 spiro atoms. The first kappa shape index (κ1) is 15.2. The Morgan fingerprint density at radius 3 is 2.57 bits per heavy atom. The van der Waals surface area contributed by atoms with Crippen molar-refractivity contribution in [3.8, 4) is 5.75 Å². The second-order valence-corrected chi connectivity index (χ2v) is 6.37. The first-order chi connectivity index (χ1) is 11.2. The molecule has 1 aromatic heterocycles. The third-order valence-corrected chi connectivity index (χ3v) is 4.37. The first-order valence-electron chi connectivity index (χ1n) is 7.14. The number of aryl methyl sites for hydroxylation is 1. The topological polar surface area (TPSA) is 50.7 Å². The number of rotatable bonds is 4. The van der Waals surface area contributed by atoms with Gasteiger partial charge in [0.25, 0.3) is 5.91 Å². The standard InChI is InChI=1S/C18H16N2O2S/c1-12-7-8-15(23-12)11-19-20-18(21)16-9-13-5-3-4-6-14(13)10-17(16)22-2/h3-11H,1-2H3,(H,20,21)/b19-11-. The van der Waals surface area contributed by atoms with E-state index in [1.165, 1.54) is 4.88 Å². The smallest absolute Gasteiger partial charge is 0.275 e. The maximum atomic E-state index is 12.4. The van der Waals surface area contributed by atoms with Crippen molar-refractivity contribution in [2.24, 2.45) is 5.10 Å². The summed E-state index contributed by atoms with van der Waals surface area (Å²) in [5, 5.41) is 6.03. The van der Waals surface area contributed by atoms with Crippen LogP contribution in [0.25, 0.3) is 10.8 Å². The van der Waals surface area contributed by atoms with Crippen LogP contribution in [-0.4, -0.2) is 19.2 Å². The molecule has 3 rings (SSSR count). The molecule has 0 saturated carbocycles. The van der Waals surface area contributed by atoms with Gasteiger partial charge < -0.3 is 4.74 Å². The van der Waals surface area contributed by atoms with E-state index in [9.17, 15) is 4.79 Å². The zero-order chi connectivity index (χ0) is 16.2. The highest BCUT2D eigenvalue weighted by atomic mass is 32.1. The fourth-order valence-corrected chi connectivity index (χ4v) is 3.05. The summed E-state index contributed by atoms with van der Waals surface area (Å²) in [6.45, 7) is 2.03. The number of hydrazone groups is 1. The van der Waals surface area contributed by atoms with Gasteiger partial charge >= 0.3 is 0 Å². The van der Waals surface area contributed by atoms with Gasteiger partial charge in [0.2, 0.25) is 0 Å². The molecule has 0 aliphatic rings. The van der Waals surface area contributed by atoms with E-state index in [1.54, 1.807) is 24.7 Å². The number of carbonyl (C=O) groups excluding carboxylic acids is 1. The Morgan fingerprint density at radius 1 is 1.17 bits per heavy atom. The van der Waals surface area contributed by atoms with Crippen molar-refractivity contribution in [3.63, 3.8) is 0 Å². The summed E-state index contributed by atoms with van der Waals surface area (Å²) in [6.07, 6.45) is 1.64. The SMILES string of the molecule is COc1cc2ccccc2cc1C(=O)N/N=C\c1ccc(C)s1. The lowest BCUT2D eigenvalue weighted by molar-refractivity contribution is 0.0952. The van der Waals surface area contributed by atoms with Crippen LogP contribution in [0.3, 0.4) is 0 Å². The van der Waals surface area contributed by atoms with Crippen molar-refractivity contribution in [2.45, 2.75) is 6.92 Å². The van der Waals surface area contributed by atoms with Gasteiger partial charge in [-0.05, 0) is 42.0 Å². The van der Waals surface area contributed by atoms with Crippen molar-refractivity contribution in [3.05, 3.63) is 63.8 Å². The van der Waals surface area contributed by atoms with Crippen LogP contribution in [0, 0.1) is 6.92 Å². The predicted molar refractivity (Wildman–Crippen MR) is 94.6 cm³/mol. The quantitative estimate of drug-likeness (QED) is 0.583. The number of carbonyl (C=O) groups is 1. The molecule has 0 radical (unpaired) electrons. The van der Waals surface area contributed by atoms with Gasteiger partial charge in [-0.1, -0.05) is 24.3 Å². The highest BCUT2D eigenvalue weighted by molar-refractivity contribution is 7.13. The van der Waals surface area contributed by atoms with Crippen LogP contribution >= 0.6 is 11.3 Å². The summed E-state index contributed by atoms with van der Waals surface area (Å²) < 4.78 is 5.33. The molecule has 1 heterocycles. The number of thiophene rings is 1. The van der Waals surface area contributed by atoms with E-state index in [0.29, 0.717) is 11.3 Å². The third kappa shape index (κ3) is 3.40. The fraction of sp³-hybridized carbons (Fsp3) is 0.111. The number of fused-ring (bicyclic) bond motifs is 1. The van der Waals surface area contributed by atoms with Crippen LogP contribution in [0.2, 0.25) is 0 Å². The Labute approximate surface area is 138 Å². The molecule has 4 nitrogen and oxygen atoms in total. The minimum atomic E-state index is -0.294. The molecule has 0 aliphatic carbocycles. The number of hydrogen-bond donors (Lipinski definition) is 1. The predicted octanol–water partition coefficient (Wildman–Crippen LogP) is 3.98. The largest absolute Gasteiger partial charge is 0.496 e. The minimum Gasteiger partial charge on any atom is -0.496 e. The Hall–Kier alpha value is -2.66. The van der Waals surface area contributed by atoms with Gasteiger partial charge in [0.1, 0.15) is 5.75 Å².